The summed E-state index contributed by atoms with van der Waals surface area (Å²) in [5.74, 6) is 0. The van der Waals surface area contributed by atoms with Crippen LogP contribution in [0.4, 0.5) is 23.2 Å². The van der Waals surface area contributed by atoms with Crippen LogP contribution < -0.4 is 34.3 Å². The Balaban J connectivity index is 0.00000338. The van der Waals surface area contributed by atoms with Crippen LogP contribution >= 0.6 is 0 Å². The number of alkyl halides is 4. The number of para-hydroxylation sites is 1. The number of rotatable bonds is 6. The quantitative estimate of drug-likeness (QED) is 0.534. The van der Waals surface area contributed by atoms with E-state index in [4.69, 9.17) is 0 Å². The first-order valence-electron chi connectivity index (χ1n) is 6.56. The van der Waals surface area contributed by atoms with Crippen LogP contribution in [0.15, 0.2) is 65.6 Å². The van der Waals surface area contributed by atoms with Gasteiger partial charge in [-0.3, -0.25) is 4.72 Å². The maximum Gasteiger partial charge on any atom is 1.00 e. The summed E-state index contributed by atoms with van der Waals surface area (Å²) >= 11 is 0. The predicted molar refractivity (Wildman–Crippen MR) is 83.6 cm³/mol. The number of benzene rings is 2. The van der Waals surface area contributed by atoms with Crippen molar-refractivity contribution < 1.29 is 65.4 Å². The molecule has 12 heteroatoms. The molecule has 0 unspecified atom stereocenters. The van der Waals surface area contributed by atoms with Crippen molar-refractivity contribution in [1.29, 1.82) is 0 Å². The van der Waals surface area contributed by atoms with E-state index in [1.165, 1.54) is 29.0 Å². The summed E-state index contributed by atoms with van der Waals surface area (Å²) in [6.45, 7) is 0. The number of hydrogen-bond acceptors (Lipinski definition) is 4. The second-order valence-corrected chi connectivity index (χ2v) is 8.54. The summed E-state index contributed by atoms with van der Waals surface area (Å²) in [6, 6.07) is 10.7. The Bertz CT molecular complexity index is 959. The van der Waals surface area contributed by atoms with E-state index in [2.05, 4.69) is 0 Å². The van der Waals surface area contributed by atoms with Crippen molar-refractivity contribution >= 4 is 25.5 Å². The maximum atomic E-state index is 14.1. The summed E-state index contributed by atoms with van der Waals surface area (Å²) in [4.78, 5) is -1.13. The number of anilines is 1. The monoisotopic (exact) mass is 421 g/mol. The van der Waals surface area contributed by atoms with Crippen molar-refractivity contribution in [3.63, 3.8) is 0 Å². The molecule has 0 saturated carbocycles. The predicted octanol–water partition coefficient (Wildman–Crippen LogP) is 0.204. The molecule has 0 fully saturated rings. The van der Waals surface area contributed by atoms with Gasteiger partial charge in [-0.1, -0.05) is 36.4 Å². The Kier molecular flexibility index (Phi) is 6.91. The Morgan fingerprint density at radius 2 is 1.15 bits per heavy atom. The molecule has 2 rings (SSSR count). The number of sulfonamides is 1. The van der Waals surface area contributed by atoms with Crippen LogP contribution in [0.5, 0.6) is 0 Å². The van der Waals surface area contributed by atoms with Gasteiger partial charge in [-0.25, -0.2) is 8.42 Å². The molecule has 2 aromatic rings. The van der Waals surface area contributed by atoms with Crippen LogP contribution in [0.2, 0.25) is 0 Å². The van der Waals surface area contributed by atoms with Crippen molar-refractivity contribution in [2.45, 2.75) is 15.4 Å². The smallest absolute Gasteiger partial charge is 1.00 e. The minimum absolute atomic E-state index is 0. The van der Waals surface area contributed by atoms with Crippen LogP contribution in [0.3, 0.4) is 0 Å². The topological polar surface area (TPSA) is 80.3 Å². The third kappa shape index (κ3) is 3.91. The van der Waals surface area contributed by atoms with Crippen molar-refractivity contribution in [1.82, 2.24) is 0 Å². The SMILES string of the molecule is O=S(=O)(Nc1ccccc1)C(F)(F)C(F)(F)S(=O)(=O)c1ccccc1.[H-].[Na+]. The zero-order valence-corrected chi connectivity index (χ0v) is 16.9. The van der Waals surface area contributed by atoms with Gasteiger partial charge in [0, 0.05) is 5.69 Å². The first kappa shape index (κ1) is 22.9. The molecular weight excluding hydrogens is 409 g/mol. The molecule has 0 aliphatic heterocycles. The average molecular weight is 421 g/mol. The van der Waals surface area contributed by atoms with E-state index in [1.54, 1.807) is 0 Å². The zero-order valence-electron chi connectivity index (χ0n) is 14.2. The minimum Gasteiger partial charge on any atom is -1.00 e. The van der Waals surface area contributed by atoms with Crippen LogP contribution in [-0.4, -0.2) is 27.3 Å². The average Bonchev–Trinajstić information content (AvgIpc) is 2.55. The Labute approximate surface area is 171 Å². The van der Waals surface area contributed by atoms with Crippen LogP contribution in [0.25, 0.3) is 0 Å². The van der Waals surface area contributed by atoms with Gasteiger partial charge >= 0.3 is 50.1 Å². The third-order valence-corrected chi connectivity index (χ3v) is 6.48. The molecule has 0 aliphatic rings. The number of nitrogens with one attached hydrogen (secondary N) is 1. The Morgan fingerprint density at radius 1 is 0.731 bits per heavy atom. The van der Waals surface area contributed by atoms with Gasteiger partial charge in [0.15, 0.2) is 0 Å². The third-order valence-electron chi connectivity index (χ3n) is 3.09. The van der Waals surface area contributed by atoms with Gasteiger partial charge in [0.2, 0.25) is 0 Å². The first-order valence-corrected chi connectivity index (χ1v) is 9.53. The molecule has 5 nitrogen and oxygen atoms in total. The van der Waals surface area contributed by atoms with Crippen molar-refractivity contribution in [3.8, 4) is 0 Å². The molecule has 0 radical (unpaired) electrons. The molecule has 138 valence electrons. The maximum absolute atomic E-state index is 14.1. The molecule has 0 heterocycles. The minimum atomic E-state index is -6.07. The Morgan fingerprint density at radius 3 is 1.62 bits per heavy atom. The van der Waals surface area contributed by atoms with Gasteiger partial charge in [-0.15, -0.1) is 0 Å². The number of hydrogen-bond donors (Lipinski definition) is 1. The van der Waals surface area contributed by atoms with E-state index >= 15 is 0 Å². The summed E-state index contributed by atoms with van der Waals surface area (Å²) in [6.07, 6.45) is 0. The van der Waals surface area contributed by atoms with Gasteiger partial charge < -0.3 is 1.43 Å². The van der Waals surface area contributed by atoms with E-state index < -0.39 is 41.0 Å². The van der Waals surface area contributed by atoms with Gasteiger partial charge in [0.25, 0.3) is 9.84 Å². The zero-order chi connectivity index (χ0) is 18.9. The number of sulfone groups is 1. The van der Waals surface area contributed by atoms with Crippen molar-refractivity contribution in [3.05, 3.63) is 60.7 Å². The summed E-state index contributed by atoms with van der Waals surface area (Å²) in [5, 5.41) is -11.8. The molecule has 0 amide bonds. The largest absolute Gasteiger partial charge is 1.00 e. The fraction of sp³-hybridized carbons (Fsp3) is 0.143. The van der Waals surface area contributed by atoms with Crippen LogP contribution in [0, 0.1) is 0 Å². The molecular formula is C14H12F4NNaO4S2. The summed E-state index contributed by atoms with van der Waals surface area (Å²) < 4.78 is 105. The van der Waals surface area contributed by atoms with Crippen molar-refractivity contribution in [2.24, 2.45) is 0 Å². The molecule has 0 atom stereocenters. The summed E-state index contributed by atoms with van der Waals surface area (Å²) in [7, 11) is -12.0. The van der Waals surface area contributed by atoms with E-state index in [-0.39, 0.29) is 31.0 Å². The Hall–Kier alpha value is -1.14. The van der Waals surface area contributed by atoms with E-state index in [0.29, 0.717) is 12.1 Å². The van der Waals surface area contributed by atoms with E-state index in [0.717, 1.165) is 24.3 Å². The molecule has 0 saturated heterocycles. The number of halogens is 4. The van der Waals surface area contributed by atoms with Gasteiger partial charge in [-0.2, -0.15) is 26.0 Å². The molecule has 0 aliphatic carbocycles. The molecule has 0 bridgehead atoms. The summed E-state index contributed by atoms with van der Waals surface area (Å²) in [5.41, 5.74) is -0.421. The normalized spacial score (nSPS) is 12.9. The standard InChI is InChI=1S/C14H11F4NO4S2.Na.H/c15-13(16,24(20,21)12-9-5-2-6-10-12)14(17,18)25(22,23)19-11-7-3-1-4-8-11;;/h1-10,19H;;/q;+1;-1. The van der Waals surface area contributed by atoms with Gasteiger partial charge in [0.1, 0.15) is 0 Å². The molecule has 0 spiro atoms. The van der Waals surface area contributed by atoms with E-state index in [1.807, 2.05) is 0 Å². The fourth-order valence-electron chi connectivity index (χ4n) is 1.79. The molecule has 0 aromatic heterocycles. The molecule has 2 aromatic carbocycles. The fourth-order valence-corrected chi connectivity index (χ4v) is 4.46. The van der Waals surface area contributed by atoms with Crippen molar-refractivity contribution in [2.75, 3.05) is 4.72 Å². The molecule has 1 N–H and O–H groups in total. The second kappa shape index (κ2) is 7.85. The van der Waals surface area contributed by atoms with Gasteiger partial charge in [0.05, 0.1) is 4.90 Å². The van der Waals surface area contributed by atoms with Crippen LogP contribution in [0.1, 0.15) is 1.43 Å². The van der Waals surface area contributed by atoms with E-state index in [9.17, 15) is 34.4 Å². The molecule has 26 heavy (non-hydrogen) atoms. The van der Waals surface area contributed by atoms with Gasteiger partial charge in [-0.05, 0) is 24.3 Å². The second-order valence-electron chi connectivity index (χ2n) is 4.82. The first-order chi connectivity index (χ1) is 11.4. The van der Waals surface area contributed by atoms with Crippen LogP contribution in [-0.2, 0) is 19.9 Å².